The van der Waals surface area contributed by atoms with E-state index in [0.717, 1.165) is 5.56 Å². The molecule has 0 spiro atoms. The number of hydrogen-bond donors (Lipinski definition) is 0. The van der Waals surface area contributed by atoms with Crippen molar-refractivity contribution in [3.8, 4) is 17.6 Å². The minimum Gasteiger partial charge on any atom is -0.449 e. The molecule has 1 aromatic rings. The lowest BCUT2D eigenvalue weighted by molar-refractivity contribution is -0.146. The zero-order valence-corrected chi connectivity index (χ0v) is 14.9. The van der Waals surface area contributed by atoms with Crippen molar-refractivity contribution in [2.45, 2.75) is 65.4 Å². The number of carbonyl (C=O) groups excluding carboxylic acids is 2. The van der Waals surface area contributed by atoms with E-state index < -0.39 is 0 Å². The third-order valence-electron chi connectivity index (χ3n) is 3.48. The molecule has 1 rings (SSSR count). The van der Waals surface area contributed by atoms with Gasteiger partial charge in [-0.2, -0.15) is 0 Å². The Kier molecular flexibility index (Phi) is 8.64. The van der Waals surface area contributed by atoms with E-state index in [9.17, 15) is 9.59 Å². The minimum atomic E-state index is -0.368. The number of para-hydroxylation sites is 1. The lowest BCUT2D eigenvalue weighted by Crippen LogP contribution is -2.16. The van der Waals surface area contributed by atoms with Crippen LogP contribution in [-0.2, 0) is 14.3 Å². The van der Waals surface area contributed by atoms with Crippen molar-refractivity contribution >= 4 is 11.9 Å². The molecule has 0 saturated heterocycles. The van der Waals surface area contributed by atoms with E-state index in [1.54, 1.807) is 13.0 Å². The van der Waals surface area contributed by atoms with E-state index in [-0.39, 0.29) is 36.8 Å². The number of carbonyl (C=O) groups is 2. The number of benzene rings is 1. The van der Waals surface area contributed by atoms with Crippen molar-refractivity contribution in [2.24, 2.45) is 0 Å². The molecule has 0 heterocycles. The lowest BCUT2D eigenvalue weighted by atomic mass is 10.0. The maximum absolute atomic E-state index is 12.0. The fraction of sp³-hybridized carbons (Fsp3) is 0.500. The molecule has 4 heteroatoms. The smallest absolute Gasteiger partial charge is 0.311 e. The number of ether oxygens (including phenoxy) is 2. The highest BCUT2D eigenvalue weighted by molar-refractivity contribution is 5.74. The van der Waals surface area contributed by atoms with Crippen LogP contribution in [0, 0.1) is 11.8 Å². The second kappa shape index (κ2) is 10.5. The first kappa shape index (κ1) is 19.8. The first-order valence-corrected chi connectivity index (χ1v) is 8.39. The van der Waals surface area contributed by atoms with Crippen LogP contribution < -0.4 is 4.74 Å². The molecule has 4 nitrogen and oxygen atoms in total. The van der Waals surface area contributed by atoms with E-state index >= 15 is 0 Å². The van der Waals surface area contributed by atoms with Gasteiger partial charge in [0.25, 0.3) is 0 Å². The Hall–Kier alpha value is -2.28. The third-order valence-corrected chi connectivity index (χ3v) is 3.48. The molecule has 24 heavy (non-hydrogen) atoms. The van der Waals surface area contributed by atoms with Crippen LogP contribution in [-0.4, -0.2) is 18.0 Å². The van der Waals surface area contributed by atoms with Crippen molar-refractivity contribution < 1.29 is 19.1 Å². The van der Waals surface area contributed by atoms with Gasteiger partial charge in [-0.05, 0) is 37.3 Å². The molecule has 0 aliphatic heterocycles. The normalized spacial score (nSPS) is 11.4. The van der Waals surface area contributed by atoms with Gasteiger partial charge >= 0.3 is 11.9 Å². The summed E-state index contributed by atoms with van der Waals surface area (Å²) in [5.74, 6) is 5.76. The molecule has 0 aliphatic carbocycles. The second-order valence-electron chi connectivity index (χ2n) is 5.80. The highest BCUT2D eigenvalue weighted by Crippen LogP contribution is 2.26. The van der Waals surface area contributed by atoms with Crippen molar-refractivity contribution in [3.63, 3.8) is 0 Å². The van der Waals surface area contributed by atoms with Crippen molar-refractivity contribution in [1.29, 1.82) is 0 Å². The molecular weight excluding hydrogens is 304 g/mol. The Morgan fingerprint density at radius 1 is 1.12 bits per heavy atom. The third kappa shape index (κ3) is 6.87. The van der Waals surface area contributed by atoms with Gasteiger partial charge in [-0.25, -0.2) is 0 Å². The predicted octanol–water partition coefficient (Wildman–Crippen LogP) is 4.23. The van der Waals surface area contributed by atoms with E-state index in [0.29, 0.717) is 18.6 Å². The first-order valence-electron chi connectivity index (χ1n) is 8.39. The molecule has 0 saturated carbocycles. The maximum Gasteiger partial charge on any atom is 0.311 e. The standard InChI is InChI=1S/C20H26O4/c1-5-10-16(6-2)23-19(21)13-9-14-20(22)24-18-12-8-7-11-17(18)15(3)4/h7-8,11-12,15-16H,6,9,13-14H2,1-4H3. The molecule has 0 aromatic heterocycles. The predicted molar refractivity (Wildman–Crippen MR) is 93.6 cm³/mol. The first-order chi connectivity index (χ1) is 11.5. The van der Waals surface area contributed by atoms with Gasteiger partial charge in [0.2, 0.25) is 0 Å². The summed E-state index contributed by atoms with van der Waals surface area (Å²) in [6.45, 7) is 7.71. The van der Waals surface area contributed by atoms with Gasteiger partial charge < -0.3 is 9.47 Å². The van der Waals surface area contributed by atoms with Crippen LogP contribution in [0.2, 0.25) is 0 Å². The average Bonchev–Trinajstić information content (AvgIpc) is 2.54. The largest absolute Gasteiger partial charge is 0.449 e. The topological polar surface area (TPSA) is 52.6 Å². The second-order valence-corrected chi connectivity index (χ2v) is 5.80. The summed E-state index contributed by atoms with van der Waals surface area (Å²) < 4.78 is 10.6. The molecule has 0 amide bonds. The molecule has 0 aliphatic rings. The minimum absolute atomic E-state index is 0.178. The van der Waals surface area contributed by atoms with Crippen LogP contribution in [0.5, 0.6) is 5.75 Å². The summed E-state index contributed by atoms with van der Waals surface area (Å²) in [6, 6.07) is 7.50. The summed E-state index contributed by atoms with van der Waals surface area (Å²) in [5, 5.41) is 0. The molecule has 1 atom stereocenters. The van der Waals surface area contributed by atoms with Crippen LogP contribution in [0.1, 0.15) is 64.9 Å². The monoisotopic (exact) mass is 330 g/mol. The van der Waals surface area contributed by atoms with Gasteiger partial charge in [0.05, 0.1) is 0 Å². The number of esters is 2. The maximum atomic E-state index is 12.0. The average molecular weight is 330 g/mol. The van der Waals surface area contributed by atoms with Gasteiger partial charge in [0.1, 0.15) is 5.75 Å². The quantitative estimate of drug-likeness (QED) is 0.406. The number of hydrogen-bond acceptors (Lipinski definition) is 4. The summed E-state index contributed by atoms with van der Waals surface area (Å²) in [4.78, 5) is 23.7. The van der Waals surface area contributed by atoms with E-state index in [1.165, 1.54) is 0 Å². The highest BCUT2D eigenvalue weighted by Gasteiger charge is 2.13. The van der Waals surface area contributed by atoms with E-state index in [4.69, 9.17) is 9.47 Å². The van der Waals surface area contributed by atoms with Crippen molar-refractivity contribution in [2.75, 3.05) is 0 Å². The van der Waals surface area contributed by atoms with Crippen LogP contribution in [0.15, 0.2) is 24.3 Å². The van der Waals surface area contributed by atoms with Crippen molar-refractivity contribution in [1.82, 2.24) is 0 Å². The molecule has 1 aromatic carbocycles. The molecular formula is C20H26O4. The summed E-state index contributed by atoms with van der Waals surface area (Å²) in [5.41, 5.74) is 0.995. The van der Waals surface area contributed by atoms with Crippen LogP contribution in [0.4, 0.5) is 0 Å². The van der Waals surface area contributed by atoms with Crippen LogP contribution in [0.3, 0.4) is 0 Å². The summed E-state index contributed by atoms with van der Waals surface area (Å²) >= 11 is 0. The molecule has 130 valence electrons. The van der Waals surface area contributed by atoms with Gasteiger partial charge in [-0.1, -0.05) is 44.9 Å². The van der Waals surface area contributed by atoms with Crippen LogP contribution in [0.25, 0.3) is 0 Å². The lowest BCUT2D eigenvalue weighted by Gasteiger charge is -2.12. The fourth-order valence-corrected chi connectivity index (χ4v) is 2.19. The summed E-state index contributed by atoms with van der Waals surface area (Å²) in [6.07, 6.45) is 1.05. The Bertz CT molecular complexity index is 608. The molecule has 1 unspecified atom stereocenters. The van der Waals surface area contributed by atoms with Gasteiger partial charge in [-0.15, -0.1) is 5.92 Å². The Labute approximate surface area is 144 Å². The Balaban J connectivity index is 2.42. The zero-order chi connectivity index (χ0) is 17.9. The molecule has 0 bridgehead atoms. The highest BCUT2D eigenvalue weighted by atomic mass is 16.5. The van der Waals surface area contributed by atoms with Crippen molar-refractivity contribution in [3.05, 3.63) is 29.8 Å². The fourth-order valence-electron chi connectivity index (χ4n) is 2.19. The van der Waals surface area contributed by atoms with E-state index in [1.807, 2.05) is 39.0 Å². The molecule has 0 N–H and O–H groups in total. The summed E-state index contributed by atoms with van der Waals surface area (Å²) in [7, 11) is 0. The van der Waals surface area contributed by atoms with Gasteiger partial charge in [-0.3, -0.25) is 9.59 Å². The molecule has 0 fully saturated rings. The van der Waals surface area contributed by atoms with Gasteiger partial charge in [0, 0.05) is 12.8 Å². The van der Waals surface area contributed by atoms with Crippen LogP contribution >= 0.6 is 0 Å². The Morgan fingerprint density at radius 3 is 2.42 bits per heavy atom. The van der Waals surface area contributed by atoms with E-state index in [2.05, 4.69) is 11.8 Å². The van der Waals surface area contributed by atoms with Gasteiger partial charge in [0.15, 0.2) is 6.10 Å². The molecule has 0 radical (unpaired) electrons. The number of rotatable bonds is 8. The SMILES string of the molecule is CC#CC(CC)OC(=O)CCCC(=O)Oc1ccccc1C(C)C. The Morgan fingerprint density at radius 2 is 1.79 bits per heavy atom. The zero-order valence-electron chi connectivity index (χ0n) is 14.9.